The van der Waals surface area contributed by atoms with Gasteiger partial charge in [0.15, 0.2) is 0 Å². The van der Waals surface area contributed by atoms with Crippen LogP contribution in [0.3, 0.4) is 0 Å². The zero-order valence-electron chi connectivity index (χ0n) is 16.4. The van der Waals surface area contributed by atoms with Gasteiger partial charge in [-0.15, -0.1) is 0 Å². The first-order valence-corrected chi connectivity index (χ1v) is 10.4. The van der Waals surface area contributed by atoms with Crippen molar-refractivity contribution >= 4 is 17.2 Å². The van der Waals surface area contributed by atoms with Gasteiger partial charge in [-0.2, -0.15) is 0 Å². The van der Waals surface area contributed by atoms with Crippen LogP contribution in [0, 0.1) is 5.92 Å². The molecule has 26 heavy (non-hydrogen) atoms. The lowest BCUT2D eigenvalue weighted by molar-refractivity contribution is -0.564. The molecule has 0 aromatic heterocycles. The third-order valence-corrected chi connectivity index (χ3v) is 6.50. The van der Waals surface area contributed by atoms with Crippen molar-refractivity contribution in [2.45, 2.75) is 45.6 Å². The molecule has 0 radical (unpaired) electrons. The average Bonchev–Trinajstić information content (AvgIpc) is 3.08. The van der Waals surface area contributed by atoms with E-state index in [1.807, 2.05) is 4.90 Å². The number of quaternary nitrogens is 1. The lowest BCUT2D eigenvalue weighted by atomic mass is 9.74. The Morgan fingerprint density at radius 1 is 1.27 bits per heavy atom. The molecule has 1 amide bonds. The zero-order valence-corrected chi connectivity index (χ0v) is 16.4. The molecule has 3 atom stereocenters. The molecular weight excluding hydrogens is 322 g/mol. The van der Waals surface area contributed by atoms with Gasteiger partial charge in [-0.25, -0.2) is 0 Å². The largest absolute Gasteiger partial charge is 0.343 e. The molecule has 4 heteroatoms. The third kappa shape index (κ3) is 2.80. The van der Waals surface area contributed by atoms with Crippen LogP contribution in [0.5, 0.6) is 0 Å². The minimum Gasteiger partial charge on any atom is -0.343 e. The molecule has 0 bridgehead atoms. The van der Waals surface area contributed by atoms with Crippen LogP contribution in [-0.2, 0) is 4.79 Å². The fourth-order valence-electron chi connectivity index (χ4n) is 5.29. The van der Waals surface area contributed by atoms with Crippen LogP contribution in [-0.4, -0.2) is 54.5 Å². The molecule has 2 aliphatic heterocycles. The van der Waals surface area contributed by atoms with Crippen LogP contribution in [0.1, 0.15) is 50.7 Å². The fourth-order valence-corrected chi connectivity index (χ4v) is 5.29. The van der Waals surface area contributed by atoms with Crippen LogP contribution in [0.15, 0.2) is 24.3 Å². The van der Waals surface area contributed by atoms with Gasteiger partial charge in [-0.1, -0.05) is 25.1 Å². The third-order valence-electron chi connectivity index (χ3n) is 6.50. The van der Waals surface area contributed by atoms with Gasteiger partial charge in [0, 0.05) is 37.2 Å². The molecule has 2 unspecified atom stereocenters. The van der Waals surface area contributed by atoms with Gasteiger partial charge < -0.3 is 10.2 Å². The molecule has 3 aliphatic rings. The highest BCUT2D eigenvalue weighted by atomic mass is 16.2. The Balaban J connectivity index is 1.76. The van der Waals surface area contributed by atoms with Crippen LogP contribution in [0.4, 0.5) is 5.69 Å². The number of rotatable bonds is 5. The first-order chi connectivity index (χ1) is 12.7. The van der Waals surface area contributed by atoms with Gasteiger partial charge in [-0.05, 0) is 50.4 Å². The first-order valence-electron chi connectivity index (χ1n) is 10.4. The van der Waals surface area contributed by atoms with Crippen molar-refractivity contribution in [3.05, 3.63) is 35.4 Å². The fraction of sp³-hybridized carbons (Fsp3) is 0.591. The van der Waals surface area contributed by atoms with Crippen molar-refractivity contribution in [2.24, 2.45) is 5.92 Å². The molecule has 140 valence electrons. The molecular formula is C22H32N3O+. The summed E-state index contributed by atoms with van der Waals surface area (Å²) in [6, 6.07) is 7.22. The number of hydrogen-bond acceptors (Lipinski definition) is 2. The summed E-state index contributed by atoms with van der Waals surface area (Å²) in [6.07, 6.45) is 4.67. The van der Waals surface area contributed by atoms with E-state index in [2.05, 4.69) is 55.3 Å². The Morgan fingerprint density at radius 3 is 2.81 bits per heavy atom. The summed E-state index contributed by atoms with van der Waals surface area (Å²) < 4.78 is 0. The number of fused-ring (bicyclic) bond motifs is 2. The number of carbonyl (C=O) groups excluding carboxylic acids is 1. The summed E-state index contributed by atoms with van der Waals surface area (Å²) in [5.74, 6) is 0.951. The van der Waals surface area contributed by atoms with E-state index in [0.29, 0.717) is 17.9 Å². The zero-order chi connectivity index (χ0) is 18.3. The van der Waals surface area contributed by atoms with Gasteiger partial charge in [0.05, 0.1) is 12.5 Å². The molecule has 2 N–H and O–H groups in total. The smallest absolute Gasteiger partial charge is 0.230 e. The maximum absolute atomic E-state index is 13.1. The molecule has 0 saturated carbocycles. The molecule has 1 aromatic carbocycles. The van der Waals surface area contributed by atoms with Gasteiger partial charge in [0.1, 0.15) is 5.69 Å². The van der Waals surface area contributed by atoms with E-state index in [9.17, 15) is 4.79 Å². The highest BCUT2D eigenvalue weighted by Crippen LogP contribution is 2.46. The predicted molar refractivity (Wildman–Crippen MR) is 105 cm³/mol. The number of nitrogens with zero attached hydrogens (tertiary/aromatic N) is 2. The van der Waals surface area contributed by atoms with Crippen molar-refractivity contribution < 1.29 is 10.1 Å². The summed E-state index contributed by atoms with van der Waals surface area (Å²) in [5.41, 5.74) is 5.79. The maximum Gasteiger partial charge on any atom is 0.230 e. The lowest BCUT2D eigenvalue weighted by Crippen LogP contribution is -2.76. The van der Waals surface area contributed by atoms with Crippen LogP contribution in [0.25, 0.3) is 5.57 Å². The maximum atomic E-state index is 13.1. The van der Waals surface area contributed by atoms with Gasteiger partial charge in [0.25, 0.3) is 0 Å². The molecule has 1 aliphatic carbocycles. The minimum absolute atomic E-state index is 0.00881. The van der Waals surface area contributed by atoms with Crippen molar-refractivity contribution in [2.75, 3.05) is 32.7 Å². The van der Waals surface area contributed by atoms with Crippen molar-refractivity contribution in [1.82, 2.24) is 9.80 Å². The van der Waals surface area contributed by atoms with Crippen LogP contribution >= 0.6 is 0 Å². The number of carbonyl (C=O) groups is 1. The van der Waals surface area contributed by atoms with Gasteiger partial charge in [-0.3, -0.25) is 9.69 Å². The van der Waals surface area contributed by atoms with Crippen molar-refractivity contribution in [3.63, 3.8) is 0 Å². The second-order valence-electron chi connectivity index (χ2n) is 7.93. The lowest BCUT2D eigenvalue weighted by Gasteiger charge is -2.43. The van der Waals surface area contributed by atoms with Gasteiger partial charge in [0.2, 0.25) is 5.91 Å². The van der Waals surface area contributed by atoms with E-state index >= 15 is 0 Å². The second-order valence-corrected chi connectivity index (χ2v) is 7.93. The summed E-state index contributed by atoms with van der Waals surface area (Å²) in [4.78, 5) is 17.7. The second kappa shape index (κ2) is 7.16. The number of benzene rings is 1. The summed E-state index contributed by atoms with van der Waals surface area (Å²) in [6.45, 7) is 11.1. The molecule has 2 heterocycles. The molecule has 4 nitrogen and oxygen atoms in total. The van der Waals surface area contributed by atoms with E-state index in [-0.39, 0.29) is 5.92 Å². The standard InChI is InChI=1S/C22H31N3O/c1-4-10-25-14-16(22(26)24(5-2)6-3)11-18-17-8-7-9-19-21(17)15(13-23-19)12-20(18)25/h7-9,11,15-16,20,23H,4-6,10,12-14H2,1-3H3/p+1/t15?,16-,20?/m1/s1. The molecule has 0 spiro atoms. The summed E-state index contributed by atoms with van der Waals surface area (Å²) in [7, 11) is 0. The average molecular weight is 355 g/mol. The van der Waals surface area contributed by atoms with Crippen molar-refractivity contribution in [1.29, 1.82) is 0 Å². The number of nitrogens with two attached hydrogens (primary N) is 1. The number of hydrogen-bond donors (Lipinski definition) is 1. The van der Waals surface area contributed by atoms with E-state index in [1.54, 1.807) is 5.56 Å². The topological polar surface area (TPSA) is 40.2 Å². The normalized spacial score (nSPS) is 26.9. The Morgan fingerprint density at radius 2 is 2.08 bits per heavy atom. The molecule has 0 saturated heterocycles. The van der Waals surface area contributed by atoms with E-state index in [0.717, 1.165) is 32.6 Å². The van der Waals surface area contributed by atoms with E-state index in [1.165, 1.54) is 29.8 Å². The molecule has 1 aromatic rings. The van der Waals surface area contributed by atoms with E-state index in [4.69, 9.17) is 0 Å². The van der Waals surface area contributed by atoms with Crippen molar-refractivity contribution in [3.8, 4) is 0 Å². The number of amides is 1. The quantitative estimate of drug-likeness (QED) is 0.825. The van der Waals surface area contributed by atoms with Crippen LogP contribution in [0.2, 0.25) is 0 Å². The highest BCUT2D eigenvalue weighted by molar-refractivity contribution is 5.87. The minimum atomic E-state index is -0.00881. The molecule has 0 fully saturated rings. The molecule has 4 rings (SSSR count). The Hall–Kier alpha value is -1.65. The Labute approximate surface area is 157 Å². The SMILES string of the molecule is CCCN1C[C@H](C(=O)N(CC)CC)C=C2c3cccc4c3C(C[NH2+]4)CC21. The van der Waals surface area contributed by atoms with Crippen LogP contribution < -0.4 is 5.32 Å². The Bertz CT molecular complexity index is 722. The highest BCUT2D eigenvalue weighted by Gasteiger charge is 2.43. The monoisotopic (exact) mass is 354 g/mol. The summed E-state index contributed by atoms with van der Waals surface area (Å²) >= 11 is 0. The van der Waals surface area contributed by atoms with E-state index < -0.39 is 0 Å². The summed E-state index contributed by atoms with van der Waals surface area (Å²) in [5, 5.41) is 2.41. The predicted octanol–water partition coefficient (Wildman–Crippen LogP) is 2.34. The van der Waals surface area contributed by atoms with Gasteiger partial charge >= 0.3 is 0 Å². The first kappa shape index (κ1) is 17.7. The Kier molecular flexibility index (Phi) is 4.89.